The maximum atomic E-state index is 11.9. The summed E-state index contributed by atoms with van der Waals surface area (Å²) in [5.74, 6) is 1.09. The maximum absolute atomic E-state index is 11.9. The van der Waals surface area contributed by atoms with Gasteiger partial charge in [0, 0.05) is 38.7 Å². The highest BCUT2D eigenvalue weighted by atomic mass is 16.8. The number of hydroxylamine groups is 1. The second kappa shape index (κ2) is 13.7. The van der Waals surface area contributed by atoms with E-state index in [2.05, 4.69) is 37.8 Å². The van der Waals surface area contributed by atoms with E-state index in [1.165, 1.54) is 11.6 Å². The number of hydrogen-bond acceptors (Lipinski definition) is 9. The van der Waals surface area contributed by atoms with Gasteiger partial charge in [0.05, 0.1) is 37.8 Å². The number of aromatic nitrogens is 2. The van der Waals surface area contributed by atoms with E-state index >= 15 is 0 Å². The first-order valence-electron chi connectivity index (χ1n) is 12.1. The zero-order valence-corrected chi connectivity index (χ0v) is 19.9. The molecule has 2 aliphatic heterocycles. The SMILES string of the molecule is O=C(/C=C/c1cnc(NCCOc2ccc(CN3CCOCC3)cc2)cn1)NOC1CCCCO1. The molecule has 188 valence electrons. The van der Waals surface area contributed by atoms with E-state index in [0.29, 0.717) is 31.3 Å². The Bertz CT molecular complexity index is 926. The van der Waals surface area contributed by atoms with Crippen LogP contribution in [0, 0.1) is 0 Å². The van der Waals surface area contributed by atoms with Gasteiger partial charge in [-0.25, -0.2) is 15.3 Å². The van der Waals surface area contributed by atoms with Gasteiger partial charge in [0.1, 0.15) is 18.2 Å². The Kier molecular flexibility index (Phi) is 9.84. The van der Waals surface area contributed by atoms with Gasteiger partial charge in [-0.05, 0) is 36.6 Å². The molecule has 2 aromatic rings. The number of benzene rings is 1. The van der Waals surface area contributed by atoms with Gasteiger partial charge < -0.3 is 19.5 Å². The van der Waals surface area contributed by atoms with E-state index in [-0.39, 0.29) is 12.2 Å². The Morgan fingerprint density at radius 1 is 1.11 bits per heavy atom. The molecule has 0 aliphatic carbocycles. The summed E-state index contributed by atoms with van der Waals surface area (Å²) in [4.78, 5) is 28.1. The summed E-state index contributed by atoms with van der Waals surface area (Å²) < 4.78 is 16.6. The van der Waals surface area contributed by atoms with Crippen LogP contribution in [-0.2, 0) is 25.7 Å². The lowest BCUT2D eigenvalue weighted by atomic mass is 10.2. The number of hydrogen-bond donors (Lipinski definition) is 2. The number of morpholine rings is 1. The third-order valence-electron chi connectivity index (χ3n) is 5.62. The Labute approximate surface area is 205 Å². The third-order valence-corrected chi connectivity index (χ3v) is 5.62. The minimum atomic E-state index is -0.380. The number of ether oxygens (including phenoxy) is 3. The van der Waals surface area contributed by atoms with Gasteiger partial charge >= 0.3 is 0 Å². The van der Waals surface area contributed by atoms with Crippen molar-refractivity contribution >= 4 is 17.8 Å². The highest BCUT2D eigenvalue weighted by Gasteiger charge is 2.15. The van der Waals surface area contributed by atoms with Gasteiger partial charge in [-0.15, -0.1) is 0 Å². The summed E-state index contributed by atoms with van der Waals surface area (Å²) in [5, 5.41) is 3.17. The monoisotopic (exact) mass is 483 g/mol. The number of rotatable bonds is 11. The fraction of sp³-hybridized carbons (Fsp3) is 0.480. The van der Waals surface area contributed by atoms with Crippen molar-refractivity contribution < 1.29 is 23.8 Å². The van der Waals surface area contributed by atoms with Crippen LogP contribution in [0.2, 0.25) is 0 Å². The van der Waals surface area contributed by atoms with E-state index in [1.807, 2.05) is 12.1 Å². The standard InChI is InChI=1S/C25H33N5O5/c31-24(29-35-25-3-1-2-13-34-25)9-6-21-17-28-23(18-27-21)26-10-14-33-22-7-4-20(5-8-22)19-30-11-15-32-16-12-30/h4-9,17-18,25H,1-3,10-16,19H2,(H,26,28)(H,29,31)/b9-6+. The van der Waals surface area contributed by atoms with Gasteiger partial charge in [-0.1, -0.05) is 12.1 Å². The van der Waals surface area contributed by atoms with Gasteiger partial charge in [-0.3, -0.25) is 14.7 Å². The van der Waals surface area contributed by atoms with E-state index < -0.39 is 0 Å². The van der Waals surface area contributed by atoms with Crippen molar-refractivity contribution in [2.45, 2.75) is 32.1 Å². The molecule has 2 saturated heterocycles. The normalized spacial score (nSPS) is 18.9. The molecule has 1 aromatic heterocycles. The molecule has 35 heavy (non-hydrogen) atoms. The number of nitrogens with one attached hydrogen (secondary N) is 2. The average Bonchev–Trinajstić information content (AvgIpc) is 2.91. The lowest BCUT2D eigenvalue weighted by Crippen LogP contribution is -2.35. The first-order chi connectivity index (χ1) is 17.2. The summed E-state index contributed by atoms with van der Waals surface area (Å²) in [5.41, 5.74) is 4.20. The Balaban J connectivity index is 1.11. The zero-order valence-electron chi connectivity index (χ0n) is 19.9. The van der Waals surface area contributed by atoms with Crippen molar-refractivity contribution in [2.24, 2.45) is 0 Å². The molecule has 2 fully saturated rings. The van der Waals surface area contributed by atoms with Crippen LogP contribution in [0.3, 0.4) is 0 Å². The molecule has 0 saturated carbocycles. The minimum absolute atomic E-state index is 0.380. The second-order valence-electron chi connectivity index (χ2n) is 8.35. The Morgan fingerprint density at radius 2 is 1.97 bits per heavy atom. The van der Waals surface area contributed by atoms with Crippen LogP contribution in [0.5, 0.6) is 5.75 Å². The molecule has 2 aliphatic rings. The van der Waals surface area contributed by atoms with E-state index in [9.17, 15) is 4.79 Å². The molecule has 3 heterocycles. The number of anilines is 1. The van der Waals surface area contributed by atoms with Crippen molar-refractivity contribution in [3.8, 4) is 5.75 Å². The number of carbonyl (C=O) groups excluding carboxylic acids is 1. The molecule has 10 heteroatoms. The second-order valence-corrected chi connectivity index (χ2v) is 8.35. The average molecular weight is 484 g/mol. The Hall–Kier alpha value is -3.05. The van der Waals surface area contributed by atoms with Crippen molar-refractivity contribution in [1.82, 2.24) is 20.3 Å². The molecule has 0 bridgehead atoms. The van der Waals surface area contributed by atoms with Crippen molar-refractivity contribution in [3.05, 3.63) is 54.0 Å². The van der Waals surface area contributed by atoms with Crippen LogP contribution < -0.4 is 15.5 Å². The summed E-state index contributed by atoms with van der Waals surface area (Å²) in [7, 11) is 0. The summed E-state index contributed by atoms with van der Waals surface area (Å²) in [6.45, 7) is 6.24. The number of amides is 1. The molecule has 2 N–H and O–H groups in total. The largest absolute Gasteiger partial charge is 0.492 e. The van der Waals surface area contributed by atoms with Crippen LogP contribution >= 0.6 is 0 Å². The van der Waals surface area contributed by atoms with Crippen molar-refractivity contribution in [3.63, 3.8) is 0 Å². The summed E-state index contributed by atoms with van der Waals surface area (Å²) in [6.07, 6.45) is 8.57. The molecule has 0 spiro atoms. The summed E-state index contributed by atoms with van der Waals surface area (Å²) in [6, 6.07) is 8.21. The van der Waals surface area contributed by atoms with Gasteiger partial charge in [0.2, 0.25) is 0 Å². The maximum Gasteiger partial charge on any atom is 0.267 e. The number of carbonyl (C=O) groups is 1. The van der Waals surface area contributed by atoms with Crippen LogP contribution in [-0.4, -0.2) is 73.1 Å². The van der Waals surface area contributed by atoms with Crippen LogP contribution in [0.1, 0.15) is 30.5 Å². The molecule has 1 amide bonds. The fourth-order valence-corrected chi connectivity index (χ4v) is 3.69. The molecule has 1 aromatic carbocycles. The smallest absolute Gasteiger partial charge is 0.267 e. The first-order valence-corrected chi connectivity index (χ1v) is 12.1. The lowest BCUT2D eigenvalue weighted by molar-refractivity contribution is -0.198. The summed E-state index contributed by atoms with van der Waals surface area (Å²) >= 11 is 0. The van der Waals surface area contributed by atoms with E-state index in [0.717, 1.165) is 57.9 Å². The first kappa shape index (κ1) is 25.1. The number of nitrogens with zero attached hydrogens (tertiary/aromatic N) is 3. The molecule has 1 unspecified atom stereocenters. The molecule has 10 nitrogen and oxygen atoms in total. The van der Waals surface area contributed by atoms with Crippen LogP contribution in [0.15, 0.2) is 42.7 Å². The quantitative estimate of drug-likeness (QED) is 0.283. The van der Waals surface area contributed by atoms with E-state index in [4.69, 9.17) is 19.0 Å². The van der Waals surface area contributed by atoms with Gasteiger partial charge in [0.25, 0.3) is 5.91 Å². The Morgan fingerprint density at radius 3 is 2.71 bits per heavy atom. The van der Waals surface area contributed by atoms with Gasteiger partial charge in [-0.2, -0.15) is 0 Å². The van der Waals surface area contributed by atoms with Crippen LogP contribution in [0.4, 0.5) is 5.82 Å². The van der Waals surface area contributed by atoms with E-state index in [1.54, 1.807) is 18.5 Å². The third kappa shape index (κ3) is 8.91. The van der Waals surface area contributed by atoms with Crippen LogP contribution in [0.25, 0.3) is 6.08 Å². The van der Waals surface area contributed by atoms with Crippen molar-refractivity contribution in [2.75, 3.05) is 51.4 Å². The zero-order chi connectivity index (χ0) is 24.1. The predicted octanol–water partition coefficient (Wildman–Crippen LogP) is 2.39. The predicted molar refractivity (Wildman–Crippen MR) is 130 cm³/mol. The van der Waals surface area contributed by atoms with Crippen molar-refractivity contribution in [1.29, 1.82) is 0 Å². The van der Waals surface area contributed by atoms with Gasteiger partial charge in [0.15, 0.2) is 6.29 Å². The molecule has 4 rings (SSSR count). The highest BCUT2D eigenvalue weighted by Crippen LogP contribution is 2.15. The minimum Gasteiger partial charge on any atom is -0.492 e. The fourth-order valence-electron chi connectivity index (χ4n) is 3.69. The highest BCUT2D eigenvalue weighted by molar-refractivity contribution is 5.90. The molecule has 1 atom stereocenters. The lowest BCUT2D eigenvalue weighted by Gasteiger charge is -2.26. The topological polar surface area (TPSA) is 107 Å². The molecular formula is C25H33N5O5. The molecular weight excluding hydrogens is 450 g/mol. The molecule has 0 radical (unpaired) electrons.